The van der Waals surface area contributed by atoms with Gasteiger partial charge in [-0.25, -0.2) is 0 Å². The molecule has 2 aliphatic heterocycles. The average molecular weight is 531 g/mol. The molecule has 1 N–H and O–H groups in total. The van der Waals surface area contributed by atoms with Gasteiger partial charge in [-0.3, -0.25) is 4.79 Å². The Morgan fingerprint density at radius 2 is 1.73 bits per heavy atom. The molecule has 1 amide bonds. The van der Waals surface area contributed by atoms with Crippen LogP contribution in [0.1, 0.15) is 41.1 Å². The predicted molar refractivity (Wildman–Crippen MR) is 140 cm³/mol. The lowest BCUT2D eigenvalue weighted by atomic mass is 9.84. The number of halogens is 4. The summed E-state index contributed by atoms with van der Waals surface area (Å²) in [6.45, 7) is 5.22. The summed E-state index contributed by atoms with van der Waals surface area (Å²) in [6, 6.07) is 13.1. The summed E-state index contributed by atoms with van der Waals surface area (Å²) in [5, 5.41) is 5.20. The molecule has 2 aromatic rings. The highest BCUT2D eigenvalue weighted by molar-refractivity contribution is 6.42. The standard InChI is InChI=1S/C25H30Cl3N3O.ClH/c1-30(25(32)18-2-5-20(26)6-3-18)24-10-13-31(15-17-8-11-29-12-9-17)16-21(24)19-4-7-22(27)23(28)14-19;/h2-7,14,17,21,24,29H,8-13,15-16H2,1H3;1H/t21-,24+;/m0./s1. The molecule has 2 heterocycles. The Morgan fingerprint density at radius 3 is 2.39 bits per heavy atom. The van der Waals surface area contributed by atoms with Gasteiger partial charge in [-0.1, -0.05) is 40.9 Å². The highest BCUT2D eigenvalue weighted by atomic mass is 35.5. The number of hydrogen-bond donors (Lipinski definition) is 1. The van der Waals surface area contributed by atoms with Crippen LogP contribution in [-0.4, -0.2) is 61.5 Å². The van der Waals surface area contributed by atoms with Gasteiger partial charge in [0.05, 0.1) is 10.0 Å². The molecule has 0 radical (unpaired) electrons. The molecule has 33 heavy (non-hydrogen) atoms. The van der Waals surface area contributed by atoms with E-state index in [1.807, 2.05) is 24.1 Å². The zero-order chi connectivity index (χ0) is 22.7. The minimum atomic E-state index is 0. The Balaban J connectivity index is 0.00000306. The molecule has 180 valence electrons. The maximum Gasteiger partial charge on any atom is 0.253 e. The van der Waals surface area contributed by atoms with E-state index in [0.29, 0.717) is 20.6 Å². The van der Waals surface area contributed by atoms with Crippen LogP contribution in [0.2, 0.25) is 15.1 Å². The first kappa shape index (κ1) is 26.6. The van der Waals surface area contributed by atoms with E-state index in [1.54, 1.807) is 24.3 Å². The second-order valence-electron chi connectivity index (χ2n) is 9.01. The second kappa shape index (κ2) is 12.1. The Hall–Kier alpha value is -1.01. The summed E-state index contributed by atoms with van der Waals surface area (Å²) in [4.78, 5) is 17.7. The number of nitrogens with zero attached hydrogens (tertiary/aromatic N) is 2. The molecular formula is C25H31Cl4N3O. The van der Waals surface area contributed by atoms with E-state index in [9.17, 15) is 4.79 Å². The summed E-state index contributed by atoms with van der Waals surface area (Å²) in [7, 11) is 1.91. The van der Waals surface area contributed by atoms with Crippen LogP contribution >= 0.6 is 47.2 Å². The van der Waals surface area contributed by atoms with E-state index in [4.69, 9.17) is 34.8 Å². The number of likely N-dealkylation sites (tertiary alicyclic amines) is 1. The smallest absolute Gasteiger partial charge is 0.253 e. The maximum atomic E-state index is 13.3. The van der Waals surface area contributed by atoms with Crippen LogP contribution in [0.4, 0.5) is 0 Å². The van der Waals surface area contributed by atoms with Gasteiger partial charge < -0.3 is 15.1 Å². The third-order valence-electron chi connectivity index (χ3n) is 6.92. The molecule has 2 fully saturated rings. The van der Waals surface area contributed by atoms with Gasteiger partial charge in [-0.2, -0.15) is 0 Å². The van der Waals surface area contributed by atoms with Crippen molar-refractivity contribution in [3.05, 3.63) is 68.7 Å². The van der Waals surface area contributed by atoms with Gasteiger partial charge in [0.25, 0.3) is 5.91 Å². The second-order valence-corrected chi connectivity index (χ2v) is 10.3. The van der Waals surface area contributed by atoms with E-state index in [0.717, 1.165) is 50.6 Å². The predicted octanol–water partition coefficient (Wildman–Crippen LogP) is 6.00. The van der Waals surface area contributed by atoms with Crippen LogP contribution in [0.3, 0.4) is 0 Å². The van der Waals surface area contributed by atoms with Crippen molar-refractivity contribution in [2.75, 3.05) is 39.8 Å². The normalized spacial score (nSPS) is 21.9. The molecule has 4 rings (SSSR count). The van der Waals surface area contributed by atoms with Gasteiger partial charge in [0, 0.05) is 49.2 Å². The molecule has 8 heteroatoms. The molecule has 0 aromatic heterocycles. The molecule has 0 unspecified atom stereocenters. The summed E-state index contributed by atoms with van der Waals surface area (Å²) in [6.07, 6.45) is 3.38. The quantitative estimate of drug-likeness (QED) is 0.515. The molecular weight excluding hydrogens is 500 g/mol. The fourth-order valence-corrected chi connectivity index (χ4v) is 5.52. The lowest BCUT2D eigenvalue weighted by Gasteiger charge is -2.44. The highest BCUT2D eigenvalue weighted by Crippen LogP contribution is 2.35. The lowest BCUT2D eigenvalue weighted by molar-refractivity contribution is 0.0563. The van der Waals surface area contributed by atoms with Gasteiger partial charge in [0.2, 0.25) is 0 Å². The average Bonchev–Trinajstić information content (AvgIpc) is 2.81. The molecule has 2 aliphatic rings. The number of piperidine rings is 2. The zero-order valence-electron chi connectivity index (χ0n) is 18.8. The van der Waals surface area contributed by atoms with Crippen molar-refractivity contribution < 1.29 is 4.79 Å². The van der Waals surface area contributed by atoms with Crippen molar-refractivity contribution in [1.82, 2.24) is 15.1 Å². The molecule has 2 atom stereocenters. The van der Waals surface area contributed by atoms with Crippen molar-refractivity contribution >= 4 is 53.1 Å². The number of hydrogen-bond acceptors (Lipinski definition) is 3. The third-order valence-corrected chi connectivity index (χ3v) is 7.91. The molecule has 0 bridgehead atoms. The maximum absolute atomic E-state index is 13.3. The van der Waals surface area contributed by atoms with Crippen molar-refractivity contribution in [3.8, 4) is 0 Å². The fourth-order valence-electron chi connectivity index (χ4n) is 5.08. The Kier molecular flexibility index (Phi) is 9.75. The highest BCUT2D eigenvalue weighted by Gasteiger charge is 2.36. The lowest BCUT2D eigenvalue weighted by Crippen LogP contribution is -2.51. The molecule has 4 nitrogen and oxygen atoms in total. The summed E-state index contributed by atoms with van der Waals surface area (Å²) in [5.74, 6) is 0.917. The van der Waals surface area contributed by atoms with E-state index >= 15 is 0 Å². The molecule has 2 saturated heterocycles. The summed E-state index contributed by atoms with van der Waals surface area (Å²) < 4.78 is 0. The van der Waals surface area contributed by atoms with Gasteiger partial charge >= 0.3 is 0 Å². The molecule has 0 aliphatic carbocycles. The minimum Gasteiger partial charge on any atom is -0.338 e. The van der Waals surface area contributed by atoms with Gasteiger partial charge in [-0.05, 0) is 80.2 Å². The molecule has 2 aromatic carbocycles. The van der Waals surface area contributed by atoms with Crippen LogP contribution in [0.15, 0.2) is 42.5 Å². The Labute approximate surface area is 218 Å². The number of rotatable bonds is 5. The summed E-state index contributed by atoms with van der Waals surface area (Å²) >= 11 is 18.6. The first-order chi connectivity index (χ1) is 15.4. The van der Waals surface area contributed by atoms with Crippen LogP contribution in [0.25, 0.3) is 0 Å². The Bertz CT molecular complexity index is 934. The number of benzene rings is 2. The van der Waals surface area contributed by atoms with E-state index in [1.165, 1.54) is 12.8 Å². The Morgan fingerprint density at radius 1 is 1.03 bits per heavy atom. The topological polar surface area (TPSA) is 35.6 Å². The minimum absolute atomic E-state index is 0. The largest absolute Gasteiger partial charge is 0.338 e. The van der Waals surface area contributed by atoms with Gasteiger partial charge in [0.1, 0.15) is 0 Å². The number of likely N-dealkylation sites (N-methyl/N-ethyl adjacent to an activating group) is 1. The number of nitrogens with one attached hydrogen (secondary N) is 1. The van der Waals surface area contributed by atoms with Crippen molar-refractivity contribution in [1.29, 1.82) is 0 Å². The van der Waals surface area contributed by atoms with Crippen LogP contribution < -0.4 is 5.32 Å². The molecule has 0 saturated carbocycles. The number of carbonyl (C=O) groups excluding carboxylic acids is 1. The van der Waals surface area contributed by atoms with Gasteiger partial charge in [0.15, 0.2) is 0 Å². The SMILES string of the molecule is CN(C(=O)c1ccc(Cl)cc1)[C@@H]1CCN(CC2CCNCC2)C[C@H]1c1ccc(Cl)c(Cl)c1.Cl. The van der Waals surface area contributed by atoms with Crippen molar-refractivity contribution in [3.63, 3.8) is 0 Å². The zero-order valence-corrected chi connectivity index (χ0v) is 21.9. The van der Waals surface area contributed by atoms with E-state index < -0.39 is 0 Å². The van der Waals surface area contributed by atoms with Crippen LogP contribution in [-0.2, 0) is 0 Å². The first-order valence-electron chi connectivity index (χ1n) is 11.3. The fraction of sp³-hybridized carbons (Fsp3) is 0.480. The summed E-state index contributed by atoms with van der Waals surface area (Å²) in [5.41, 5.74) is 1.79. The van der Waals surface area contributed by atoms with E-state index in [2.05, 4.69) is 16.3 Å². The monoisotopic (exact) mass is 529 g/mol. The third kappa shape index (κ3) is 6.56. The molecule has 0 spiro atoms. The van der Waals surface area contributed by atoms with Crippen molar-refractivity contribution in [2.24, 2.45) is 5.92 Å². The van der Waals surface area contributed by atoms with E-state index in [-0.39, 0.29) is 30.3 Å². The first-order valence-corrected chi connectivity index (χ1v) is 12.5. The van der Waals surface area contributed by atoms with Crippen LogP contribution in [0, 0.1) is 5.92 Å². The van der Waals surface area contributed by atoms with Crippen LogP contribution in [0.5, 0.6) is 0 Å². The number of amides is 1. The number of carbonyl (C=O) groups is 1. The van der Waals surface area contributed by atoms with Crippen molar-refractivity contribution in [2.45, 2.75) is 31.2 Å². The van der Waals surface area contributed by atoms with Gasteiger partial charge in [-0.15, -0.1) is 12.4 Å².